The fraction of sp³-hybridized carbons (Fsp3) is 0.200. The van der Waals surface area contributed by atoms with Crippen LogP contribution >= 0.6 is 0 Å². The predicted molar refractivity (Wildman–Crippen MR) is 32.7 cm³/mol. The highest BCUT2D eigenvalue weighted by molar-refractivity contribution is 6.24. The van der Waals surface area contributed by atoms with Crippen molar-refractivity contribution in [3.8, 4) is 0 Å². The van der Waals surface area contributed by atoms with Gasteiger partial charge in [-0.2, -0.15) is 0 Å². The number of carbonyl (C=O) groups is 1. The average Bonchev–Trinajstić information content (AvgIpc) is 1.80. The van der Waals surface area contributed by atoms with E-state index in [9.17, 15) is 4.79 Å². The molecule has 0 unspecified atom stereocenters. The van der Waals surface area contributed by atoms with Crippen LogP contribution in [0.5, 0.6) is 0 Å². The van der Waals surface area contributed by atoms with E-state index in [-0.39, 0.29) is 6.61 Å². The van der Waals surface area contributed by atoms with Gasteiger partial charge in [0.1, 0.15) is 12.8 Å². The molecule has 0 spiro atoms. The molecule has 0 aromatic carbocycles. The molecule has 0 rings (SSSR count). The fourth-order valence-corrected chi connectivity index (χ4v) is 0.181. The van der Waals surface area contributed by atoms with Crippen LogP contribution in [0.25, 0.3) is 0 Å². The van der Waals surface area contributed by atoms with E-state index < -0.39 is 5.91 Å². The SMILES string of the molecule is C=CCO/N=C\C([NH])=O. The topological polar surface area (TPSA) is 62.5 Å². The third kappa shape index (κ3) is 6.68. The van der Waals surface area contributed by atoms with Crippen LogP contribution in [0.1, 0.15) is 0 Å². The molecule has 4 heteroatoms. The Morgan fingerprint density at radius 2 is 2.56 bits per heavy atom. The van der Waals surface area contributed by atoms with Crippen molar-refractivity contribution in [1.29, 1.82) is 0 Å². The van der Waals surface area contributed by atoms with Gasteiger partial charge in [-0.05, 0) is 0 Å². The molecule has 1 N–H and O–H groups in total. The maximum absolute atomic E-state index is 9.82. The van der Waals surface area contributed by atoms with E-state index in [0.717, 1.165) is 6.21 Å². The van der Waals surface area contributed by atoms with Crippen LogP contribution in [0.2, 0.25) is 0 Å². The van der Waals surface area contributed by atoms with Crippen molar-refractivity contribution >= 4 is 12.1 Å². The summed E-state index contributed by atoms with van der Waals surface area (Å²) in [5, 5.41) is 3.13. The summed E-state index contributed by atoms with van der Waals surface area (Å²) in [6, 6.07) is 0. The maximum Gasteiger partial charge on any atom is 0.284 e. The molecule has 0 atom stereocenters. The quantitative estimate of drug-likeness (QED) is 0.230. The highest BCUT2D eigenvalue weighted by Crippen LogP contribution is 1.72. The molecule has 0 saturated carbocycles. The molecule has 0 bridgehead atoms. The van der Waals surface area contributed by atoms with Gasteiger partial charge in [0.2, 0.25) is 0 Å². The number of amides is 1. The molecule has 1 amide bonds. The first kappa shape index (κ1) is 7.68. The molecule has 0 saturated heterocycles. The lowest BCUT2D eigenvalue weighted by Gasteiger charge is -1.87. The Balaban J connectivity index is 3.24. The van der Waals surface area contributed by atoms with E-state index in [0.29, 0.717) is 0 Å². The van der Waals surface area contributed by atoms with Crippen molar-refractivity contribution in [3.63, 3.8) is 0 Å². The van der Waals surface area contributed by atoms with E-state index >= 15 is 0 Å². The third-order valence-corrected chi connectivity index (χ3v) is 0.437. The molecular formula is C5H7N2O2. The van der Waals surface area contributed by atoms with Crippen LogP contribution in [0.4, 0.5) is 0 Å². The molecular weight excluding hydrogens is 120 g/mol. The molecule has 4 nitrogen and oxygen atoms in total. The van der Waals surface area contributed by atoms with Crippen LogP contribution in [-0.2, 0) is 9.63 Å². The first-order valence-corrected chi connectivity index (χ1v) is 2.29. The molecule has 0 fully saturated rings. The standard InChI is InChI=1S/C5H7N2O2/c1-2-3-9-7-4-5(6)8/h2,4,6H,1,3H2/b7-4-. The van der Waals surface area contributed by atoms with Gasteiger partial charge in [0.15, 0.2) is 0 Å². The monoisotopic (exact) mass is 127 g/mol. The van der Waals surface area contributed by atoms with Gasteiger partial charge >= 0.3 is 0 Å². The molecule has 0 aliphatic rings. The summed E-state index contributed by atoms with van der Waals surface area (Å²) in [5.74, 6) is -0.876. The number of rotatable bonds is 4. The minimum Gasteiger partial charge on any atom is -0.391 e. The van der Waals surface area contributed by atoms with Gasteiger partial charge in [0.25, 0.3) is 5.91 Å². The van der Waals surface area contributed by atoms with Gasteiger partial charge in [-0.25, -0.2) is 0 Å². The van der Waals surface area contributed by atoms with Crippen molar-refractivity contribution in [1.82, 2.24) is 5.73 Å². The number of nitrogens with zero attached hydrogens (tertiary/aromatic N) is 1. The Bertz CT molecular complexity index is 131. The fourth-order valence-electron chi connectivity index (χ4n) is 0.181. The largest absolute Gasteiger partial charge is 0.391 e. The van der Waals surface area contributed by atoms with Crippen LogP contribution in [0.3, 0.4) is 0 Å². The Morgan fingerprint density at radius 3 is 3.00 bits per heavy atom. The zero-order valence-corrected chi connectivity index (χ0v) is 4.83. The van der Waals surface area contributed by atoms with E-state index in [4.69, 9.17) is 5.73 Å². The summed E-state index contributed by atoms with van der Waals surface area (Å²) in [5.41, 5.74) is 6.32. The Labute approximate surface area is 53.0 Å². The van der Waals surface area contributed by atoms with Gasteiger partial charge in [-0.1, -0.05) is 17.8 Å². The molecule has 9 heavy (non-hydrogen) atoms. The molecule has 0 aromatic heterocycles. The average molecular weight is 127 g/mol. The van der Waals surface area contributed by atoms with Crippen molar-refractivity contribution in [2.24, 2.45) is 5.16 Å². The Kier molecular flexibility index (Phi) is 4.12. The lowest BCUT2D eigenvalue weighted by Crippen LogP contribution is -1.98. The first-order valence-electron chi connectivity index (χ1n) is 2.29. The van der Waals surface area contributed by atoms with Gasteiger partial charge in [0, 0.05) is 0 Å². The molecule has 0 aliphatic carbocycles. The van der Waals surface area contributed by atoms with Crippen molar-refractivity contribution in [3.05, 3.63) is 12.7 Å². The van der Waals surface area contributed by atoms with Crippen LogP contribution in [0.15, 0.2) is 17.8 Å². The van der Waals surface area contributed by atoms with Gasteiger partial charge in [0.05, 0.1) is 0 Å². The van der Waals surface area contributed by atoms with Crippen molar-refractivity contribution < 1.29 is 9.63 Å². The van der Waals surface area contributed by atoms with Crippen LogP contribution in [0, 0.1) is 0 Å². The smallest absolute Gasteiger partial charge is 0.284 e. The van der Waals surface area contributed by atoms with Crippen molar-refractivity contribution in [2.45, 2.75) is 0 Å². The second kappa shape index (κ2) is 4.83. The van der Waals surface area contributed by atoms with Gasteiger partial charge < -0.3 is 4.84 Å². The zero-order valence-electron chi connectivity index (χ0n) is 4.83. The zero-order chi connectivity index (χ0) is 7.11. The highest BCUT2D eigenvalue weighted by atomic mass is 16.6. The van der Waals surface area contributed by atoms with Crippen LogP contribution < -0.4 is 5.73 Å². The summed E-state index contributed by atoms with van der Waals surface area (Å²) in [6.45, 7) is 3.60. The number of hydrogen-bond acceptors (Lipinski definition) is 3. The lowest BCUT2D eigenvalue weighted by molar-refractivity contribution is -0.112. The summed E-state index contributed by atoms with van der Waals surface area (Å²) in [4.78, 5) is 14.2. The predicted octanol–water partition coefficient (Wildman–Crippen LogP) is -0.0157. The second-order valence-electron chi connectivity index (χ2n) is 1.18. The number of oxime groups is 1. The highest BCUT2D eigenvalue weighted by Gasteiger charge is 1.82. The number of nitrogens with one attached hydrogen (secondary N) is 1. The second-order valence-corrected chi connectivity index (χ2v) is 1.18. The lowest BCUT2D eigenvalue weighted by atomic mass is 10.7. The molecule has 0 aromatic rings. The number of carbonyl (C=O) groups excluding carboxylic acids is 1. The van der Waals surface area contributed by atoms with E-state index in [1.165, 1.54) is 6.08 Å². The van der Waals surface area contributed by atoms with E-state index in [1.54, 1.807) is 0 Å². The normalized spacial score (nSPS) is 9.33. The summed E-state index contributed by atoms with van der Waals surface area (Å²) >= 11 is 0. The Morgan fingerprint density at radius 1 is 1.89 bits per heavy atom. The minimum absolute atomic E-state index is 0.254. The van der Waals surface area contributed by atoms with E-state index in [1.807, 2.05) is 0 Å². The van der Waals surface area contributed by atoms with E-state index in [2.05, 4.69) is 16.6 Å². The van der Waals surface area contributed by atoms with Gasteiger partial charge in [-0.3, -0.25) is 10.5 Å². The maximum atomic E-state index is 9.82. The summed E-state index contributed by atoms with van der Waals surface area (Å²) in [7, 11) is 0. The first-order chi connectivity index (χ1) is 4.27. The number of hydrogen-bond donors (Lipinski definition) is 0. The Hall–Kier alpha value is -1.32. The van der Waals surface area contributed by atoms with Crippen LogP contribution in [-0.4, -0.2) is 18.7 Å². The molecule has 49 valence electrons. The van der Waals surface area contributed by atoms with Gasteiger partial charge in [-0.15, -0.1) is 0 Å². The third-order valence-electron chi connectivity index (χ3n) is 0.437. The minimum atomic E-state index is -0.876. The molecule has 0 aliphatic heterocycles. The van der Waals surface area contributed by atoms with Crippen molar-refractivity contribution in [2.75, 3.05) is 6.61 Å². The summed E-state index contributed by atoms with van der Waals surface area (Å²) < 4.78 is 0. The molecule has 0 heterocycles. The summed E-state index contributed by atoms with van der Waals surface area (Å²) in [6.07, 6.45) is 2.27. The molecule has 1 radical (unpaired) electrons.